The van der Waals surface area contributed by atoms with Crippen molar-refractivity contribution in [1.82, 2.24) is 29.6 Å². The molecule has 1 N–H and O–H groups in total. The lowest BCUT2D eigenvalue weighted by Gasteiger charge is -2.26. The summed E-state index contributed by atoms with van der Waals surface area (Å²) < 4.78 is 40.1. The van der Waals surface area contributed by atoms with Crippen molar-refractivity contribution in [3.63, 3.8) is 0 Å². The maximum atomic E-state index is 12.9. The predicted octanol–water partition coefficient (Wildman–Crippen LogP) is 4.38. The second kappa shape index (κ2) is 11.8. The SMILES string of the molecule is C#C.C[C@H]1CC[C@@H](C(=O)NCc2ccnc(-c3cnc(C(F)(F)F)nc3)c2)N1Sc1cccnc1. The molecule has 35 heavy (non-hydrogen) atoms. The second-order valence-corrected chi connectivity index (χ2v) is 8.72. The van der Waals surface area contributed by atoms with E-state index >= 15 is 0 Å². The lowest BCUT2D eigenvalue weighted by atomic mass is 10.1. The van der Waals surface area contributed by atoms with E-state index in [-0.39, 0.29) is 24.5 Å². The smallest absolute Gasteiger partial charge is 0.351 e. The molecule has 0 unspecified atom stereocenters. The third-order valence-corrected chi connectivity index (χ3v) is 6.52. The average molecular weight is 501 g/mol. The molecule has 1 aliphatic heterocycles. The van der Waals surface area contributed by atoms with Crippen LogP contribution in [0, 0.1) is 12.8 Å². The van der Waals surface area contributed by atoms with Gasteiger partial charge in [-0.1, -0.05) is 0 Å². The van der Waals surface area contributed by atoms with Crippen LogP contribution >= 0.6 is 11.9 Å². The van der Waals surface area contributed by atoms with Crippen molar-refractivity contribution in [2.75, 3.05) is 0 Å². The van der Waals surface area contributed by atoms with E-state index in [9.17, 15) is 18.0 Å². The van der Waals surface area contributed by atoms with Gasteiger partial charge in [0.1, 0.15) is 0 Å². The monoisotopic (exact) mass is 500 g/mol. The first-order valence-electron chi connectivity index (χ1n) is 10.6. The van der Waals surface area contributed by atoms with Crippen molar-refractivity contribution < 1.29 is 18.0 Å². The lowest BCUT2D eigenvalue weighted by Crippen LogP contribution is -2.41. The van der Waals surface area contributed by atoms with Crippen molar-refractivity contribution in [3.8, 4) is 24.1 Å². The van der Waals surface area contributed by atoms with Gasteiger partial charge in [0.25, 0.3) is 0 Å². The van der Waals surface area contributed by atoms with Gasteiger partial charge in [-0.25, -0.2) is 14.3 Å². The Morgan fingerprint density at radius 2 is 1.89 bits per heavy atom. The van der Waals surface area contributed by atoms with Gasteiger partial charge >= 0.3 is 6.18 Å². The third-order valence-electron chi connectivity index (χ3n) is 5.24. The number of hydrogen-bond donors (Lipinski definition) is 1. The molecule has 0 spiro atoms. The molecule has 1 saturated heterocycles. The first-order valence-corrected chi connectivity index (χ1v) is 11.4. The van der Waals surface area contributed by atoms with Gasteiger partial charge in [0.15, 0.2) is 0 Å². The number of amides is 1. The number of carbonyl (C=O) groups is 1. The van der Waals surface area contributed by atoms with E-state index in [1.807, 2.05) is 12.1 Å². The Kier molecular flexibility index (Phi) is 8.78. The van der Waals surface area contributed by atoms with E-state index in [0.717, 1.165) is 35.7 Å². The molecule has 182 valence electrons. The number of nitrogens with zero attached hydrogens (tertiary/aromatic N) is 5. The molecular formula is C24H23F3N6OS. The minimum Gasteiger partial charge on any atom is -0.351 e. The van der Waals surface area contributed by atoms with Crippen LogP contribution in [-0.4, -0.2) is 42.2 Å². The maximum Gasteiger partial charge on any atom is 0.451 e. The molecular weight excluding hydrogens is 477 g/mol. The van der Waals surface area contributed by atoms with Crippen LogP contribution in [0.5, 0.6) is 0 Å². The van der Waals surface area contributed by atoms with Crippen LogP contribution in [0.15, 0.2) is 60.1 Å². The molecule has 1 fully saturated rings. The van der Waals surface area contributed by atoms with E-state index in [1.54, 1.807) is 24.5 Å². The summed E-state index contributed by atoms with van der Waals surface area (Å²) in [5, 5.41) is 2.97. The number of terminal acetylenes is 1. The van der Waals surface area contributed by atoms with Crippen molar-refractivity contribution in [2.24, 2.45) is 0 Å². The highest BCUT2D eigenvalue weighted by Gasteiger charge is 2.36. The number of halogens is 3. The molecule has 4 rings (SSSR count). The molecule has 0 bridgehead atoms. The molecule has 0 radical (unpaired) electrons. The lowest BCUT2D eigenvalue weighted by molar-refractivity contribution is -0.145. The van der Waals surface area contributed by atoms with Crippen molar-refractivity contribution >= 4 is 17.9 Å². The van der Waals surface area contributed by atoms with Gasteiger partial charge in [-0.2, -0.15) is 13.2 Å². The van der Waals surface area contributed by atoms with Gasteiger partial charge in [-0.3, -0.25) is 14.8 Å². The number of pyridine rings is 2. The zero-order valence-corrected chi connectivity index (χ0v) is 19.6. The Hall–Kier alpha value is -3.49. The summed E-state index contributed by atoms with van der Waals surface area (Å²) in [5.41, 5.74) is 1.56. The molecule has 0 aliphatic carbocycles. The fourth-order valence-electron chi connectivity index (χ4n) is 3.54. The Labute approximate surface area is 205 Å². The zero-order chi connectivity index (χ0) is 25.4. The summed E-state index contributed by atoms with van der Waals surface area (Å²) >= 11 is 1.53. The van der Waals surface area contributed by atoms with Gasteiger partial charge in [0.2, 0.25) is 11.7 Å². The number of alkyl halides is 3. The fourth-order valence-corrected chi connectivity index (χ4v) is 4.64. The minimum atomic E-state index is -4.60. The predicted molar refractivity (Wildman–Crippen MR) is 126 cm³/mol. The molecule has 2 atom stereocenters. The maximum absolute atomic E-state index is 12.9. The Bertz CT molecular complexity index is 1140. The van der Waals surface area contributed by atoms with Crippen molar-refractivity contribution in [1.29, 1.82) is 0 Å². The zero-order valence-electron chi connectivity index (χ0n) is 18.8. The molecule has 7 nitrogen and oxygen atoms in total. The highest BCUT2D eigenvalue weighted by atomic mass is 32.2. The van der Waals surface area contributed by atoms with Gasteiger partial charge in [-0.05, 0) is 61.5 Å². The summed E-state index contributed by atoms with van der Waals surface area (Å²) in [5.74, 6) is -1.28. The van der Waals surface area contributed by atoms with E-state index in [4.69, 9.17) is 0 Å². The van der Waals surface area contributed by atoms with Crippen LogP contribution in [0.1, 0.15) is 31.2 Å². The van der Waals surface area contributed by atoms with Crippen LogP contribution < -0.4 is 5.32 Å². The van der Waals surface area contributed by atoms with E-state index in [0.29, 0.717) is 11.3 Å². The largest absolute Gasteiger partial charge is 0.451 e. The second-order valence-electron chi connectivity index (χ2n) is 7.64. The molecule has 1 aliphatic rings. The molecule has 0 saturated carbocycles. The van der Waals surface area contributed by atoms with Crippen LogP contribution in [0.2, 0.25) is 0 Å². The van der Waals surface area contributed by atoms with Crippen LogP contribution in [0.25, 0.3) is 11.3 Å². The van der Waals surface area contributed by atoms with Crippen LogP contribution in [0.4, 0.5) is 13.2 Å². The highest BCUT2D eigenvalue weighted by molar-refractivity contribution is 7.97. The standard InChI is InChI=1S/C22H21F3N6OS.C2H2/c1-14-4-5-19(31(14)33-17-3-2-7-26-13-17)20(32)28-10-15-6-8-27-18(9-15)16-11-29-21(30-12-16)22(23,24)25;1-2/h2-3,6-9,11-14,19H,4-5,10H2,1H3,(H,28,32);1-2H/t14-,19-;/m0./s1. The van der Waals surface area contributed by atoms with Crippen molar-refractivity contribution in [3.05, 3.63) is 66.6 Å². The van der Waals surface area contributed by atoms with Gasteiger partial charge in [-0.15, -0.1) is 12.8 Å². The highest BCUT2D eigenvalue weighted by Crippen LogP contribution is 2.35. The molecule has 3 aromatic heterocycles. The molecule has 3 aromatic rings. The number of hydrogen-bond acceptors (Lipinski definition) is 7. The Morgan fingerprint density at radius 1 is 1.14 bits per heavy atom. The topological polar surface area (TPSA) is 83.9 Å². The molecule has 0 aromatic carbocycles. The Morgan fingerprint density at radius 3 is 2.54 bits per heavy atom. The number of nitrogens with one attached hydrogen (secondary N) is 1. The van der Waals surface area contributed by atoms with Gasteiger partial charge < -0.3 is 5.32 Å². The first-order chi connectivity index (χ1) is 16.8. The number of aromatic nitrogens is 4. The number of rotatable bonds is 6. The Balaban J connectivity index is 0.00000167. The fraction of sp³-hybridized carbons (Fsp3) is 0.292. The summed E-state index contributed by atoms with van der Waals surface area (Å²) in [4.78, 5) is 29.0. The van der Waals surface area contributed by atoms with Crippen LogP contribution in [-0.2, 0) is 17.5 Å². The third kappa shape index (κ3) is 6.77. The van der Waals surface area contributed by atoms with E-state index < -0.39 is 12.0 Å². The quantitative estimate of drug-likeness (QED) is 0.397. The summed E-state index contributed by atoms with van der Waals surface area (Å²) in [6.45, 7) is 2.37. The molecule has 4 heterocycles. The van der Waals surface area contributed by atoms with Crippen LogP contribution in [0.3, 0.4) is 0 Å². The normalized spacial score (nSPS) is 17.9. The van der Waals surface area contributed by atoms with E-state index in [2.05, 4.69) is 49.3 Å². The summed E-state index contributed by atoms with van der Waals surface area (Å²) in [6.07, 6.45) is 12.3. The van der Waals surface area contributed by atoms with E-state index in [1.165, 1.54) is 18.1 Å². The molecule has 1 amide bonds. The first kappa shape index (κ1) is 26.1. The van der Waals surface area contributed by atoms with Crippen molar-refractivity contribution in [2.45, 2.75) is 49.5 Å². The number of carbonyl (C=O) groups excluding carboxylic acids is 1. The molecule has 11 heteroatoms. The van der Waals surface area contributed by atoms with Gasteiger partial charge in [0, 0.05) is 54.0 Å². The summed E-state index contributed by atoms with van der Waals surface area (Å²) in [6, 6.07) is 7.25. The summed E-state index contributed by atoms with van der Waals surface area (Å²) in [7, 11) is 0. The van der Waals surface area contributed by atoms with Gasteiger partial charge in [0.05, 0.1) is 11.7 Å². The minimum absolute atomic E-state index is 0.0769. The average Bonchev–Trinajstić information content (AvgIpc) is 3.24.